The van der Waals surface area contributed by atoms with E-state index in [2.05, 4.69) is 5.32 Å². The molecule has 0 unspecified atom stereocenters. The van der Waals surface area contributed by atoms with Gasteiger partial charge in [0, 0.05) is 18.0 Å². The molecule has 0 fully saturated rings. The van der Waals surface area contributed by atoms with Crippen LogP contribution in [-0.4, -0.2) is 24.7 Å². The van der Waals surface area contributed by atoms with Crippen molar-refractivity contribution in [3.63, 3.8) is 0 Å². The predicted molar refractivity (Wildman–Crippen MR) is 127 cm³/mol. The van der Waals surface area contributed by atoms with Crippen molar-refractivity contribution in [2.75, 3.05) is 19.5 Å². The Kier molecular flexibility index (Phi) is 5.69. The van der Waals surface area contributed by atoms with Gasteiger partial charge in [0.05, 0.1) is 25.3 Å². The van der Waals surface area contributed by atoms with Gasteiger partial charge < -0.3 is 19.4 Å². The zero-order chi connectivity index (χ0) is 22.8. The summed E-state index contributed by atoms with van der Waals surface area (Å²) in [5.41, 5.74) is 3.12. The second-order valence-electron chi connectivity index (χ2n) is 7.52. The van der Waals surface area contributed by atoms with Crippen LogP contribution in [0.3, 0.4) is 0 Å². The molecule has 3 aromatic carbocycles. The Bertz CT molecular complexity index is 1370. The van der Waals surface area contributed by atoms with Crippen LogP contribution in [0.1, 0.15) is 15.9 Å². The van der Waals surface area contributed by atoms with Crippen LogP contribution >= 0.6 is 0 Å². The number of aromatic nitrogens is 1. The molecular weight excluding hydrogens is 404 g/mol. The number of pyridine rings is 1. The van der Waals surface area contributed by atoms with Gasteiger partial charge in [-0.3, -0.25) is 9.59 Å². The Balaban J connectivity index is 1.95. The predicted octanol–water partition coefficient (Wildman–Crippen LogP) is 4.78. The number of para-hydroxylation sites is 1. The molecule has 0 aliphatic rings. The van der Waals surface area contributed by atoms with Crippen LogP contribution in [0.25, 0.3) is 22.0 Å². The fourth-order valence-corrected chi connectivity index (χ4v) is 3.78. The number of carbonyl (C=O) groups excluding carboxylic acids is 1. The first-order chi connectivity index (χ1) is 15.4. The van der Waals surface area contributed by atoms with Crippen LogP contribution in [-0.2, 0) is 7.05 Å². The number of fused-ring (bicyclic) bond motifs is 1. The Morgan fingerprint density at radius 3 is 2.28 bits per heavy atom. The lowest BCUT2D eigenvalue weighted by Gasteiger charge is -2.19. The highest BCUT2D eigenvalue weighted by molar-refractivity contribution is 6.07. The number of hydrogen-bond donors (Lipinski definition) is 1. The molecule has 0 saturated heterocycles. The molecule has 0 aliphatic heterocycles. The minimum atomic E-state index is -0.294. The van der Waals surface area contributed by atoms with Crippen molar-refractivity contribution in [2.45, 2.75) is 6.92 Å². The first-order valence-corrected chi connectivity index (χ1v) is 10.2. The molecule has 1 N–H and O–H groups in total. The quantitative estimate of drug-likeness (QED) is 0.497. The smallest absolute Gasteiger partial charge is 0.256 e. The minimum Gasteiger partial charge on any atom is -0.493 e. The van der Waals surface area contributed by atoms with Gasteiger partial charge in [0.1, 0.15) is 5.82 Å². The van der Waals surface area contributed by atoms with Crippen molar-refractivity contribution in [1.82, 2.24) is 4.57 Å². The number of methoxy groups -OCH3 is 2. The lowest BCUT2D eigenvalue weighted by molar-refractivity contribution is 0.102. The van der Waals surface area contributed by atoms with Gasteiger partial charge in [-0.25, -0.2) is 0 Å². The highest BCUT2D eigenvalue weighted by Gasteiger charge is 2.20. The van der Waals surface area contributed by atoms with Gasteiger partial charge in [-0.15, -0.1) is 0 Å². The summed E-state index contributed by atoms with van der Waals surface area (Å²) in [6.45, 7) is 1.96. The second-order valence-corrected chi connectivity index (χ2v) is 7.52. The van der Waals surface area contributed by atoms with E-state index < -0.39 is 0 Å². The molecule has 1 heterocycles. The fraction of sp³-hybridized carbons (Fsp3) is 0.154. The van der Waals surface area contributed by atoms with Crippen LogP contribution in [0.15, 0.2) is 71.5 Å². The Morgan fingerprint density at radius 1 is 0.906 bits per heavy atom. The van der Waals surface area contributed by atoms with Crippen molar-refractivity contribution in [1.29, 1.82) is 0 Å². The number of nitrogens with one attached hydrogen (secondary N) is 1. The third kappa shape index (κ3) is 3.71. The Labute approximate surface area is 186 Å². The number of nitrogens with zero attached hydrogens (tertiary/aromatic N) is 1. The first kappa shape index (κ1) is 21.2. The molecule has 162 valence electrons. The van der Waals surface area contributed by atoms with Crippen molar-refractivity contribution in [2.24, 2.45) is 7.05 Å². The molecule has 1 aromatic heterocycles. The first-order valence-electron chi connectivity index (χ1n) is 10.2. The van der Waals surface area contributed by atoms with Gasteiger partial charge in [-0.05, 0) is 48.9 Å². The normalized spacial score (nSPS) is 10.8. The maximum Gasteiger partial charge on any atom is 0.256 e. The zero-order valence-corrected chi connectivity index (χ0v) is 18.4. The van der Waals surface area contributed by atoms with E-state index in [0.717, 1.165) is 11.1 Å². The number of carbonyl (C=O) groups is 1. The highest BCUT2D eigenvalue weighted by atomic mass is 16.5. The van der Waals surface area contributed by atoms with Gasteiger partial charge in [-0.1, -0.05) is 35.9 Å². The summed E-state index contributed by atoms with van der Waals surface area (Å²) in [5.74, 6) is 1.17. The maximum absolute atomic E-state index is 13.6. The van der Waals surface area contributed by atoms with Crippen LogP contribution < -0.4 is 20.2 Å². The van der Waals surface area contributed by atoms with E-state index in [1.165, 1.54) is 0 Å². The largest absolute Gasteiger partial charge is 0.493 e. The molecule has 6 heteroatoms. The molecule has 0 aliphatic carbocycles. The Morgan fingerprint density at radius 2 is 1.59 bits per heavy atom. The van der Waals surface area contributed by atoms with Gasteiger partial charge >= 0.3 is 0 Å². The summed E-state index contributed by atoms with van der Waals surface area (Å²) < 4.78 is 12.6. The number of benzene rings is 3. The number of amides is 1. The van der Waals surface area contributed by atoms with Crippen LogP contribution in [0.5, 0.6) is 11.5 Å². The van der Waals surface area contributed by atoms with Crippen LogP contribution in [0.4, 0.5) is 5.82 Å². The van der Waals surface area contributed by atoms with Gasteiger partial charge in [0.15, 0.2) is 16.9 Å². The maximum atomic E-state index is 13.6. The highest BCUT2D eigenvalue weighted by Crippen LogP contribution is 2.35. The number of rotatable bonds is 5. The summed E-state index contributed by atoms with van der Waals surface area (Å²) in [6, 6.07) is 19.9. The van der Waals surface area contributed by atoms with Gasteiger partial charge in [0.2, 0.25) is 0 Å². The lowest BCUT2D eigenvalue weighted by atomic mass is 10.0. The molecule has 0 saturated carbocycles. The average Bonchev–Trinajstić information content (AvgIpc) is 2.82. The summed E-state index contributed by atoms with van der Waals surface area (Å²) in [7, 11) is 4.93. The number of anilines is 1. The monoisotopic (exact) mass is 428 g/mol. The van der Waals surface area contributed by atoms with Crippen molar-refractivity contribution in [3.05, 3.63) is 88.1 Å². The zero-order valence-electron chi connectivity index (χ0n) is 18.4. The fourth-order valence-electron chi connectivity index (χ4n) is 3.78. The van der Waals surface area contributed by atoms with E-state index in [1.54, 1.807) is 50.6 Å². The van der Waals surface area contributed by atoms with E-state index in [0.29, 0.717) is 39.4 Å². The topological polar surface area (TPSA) is 69.6 Å². The summed E-state index contributed by atoms with van der Waals surface area (Å²) in [6.07, 6.45) is 0. The van der Waals surface area contributed by atoms with E-state index in [9.17, 15) is 9.59 Å². The minimum absolute atomic E-state index is 0.176. The molecule has 0 spiro atoms. The summed E-state index contributed by atoms with van der Waals surface area (Å²) >= 11 is 0. The molecule has 32 heavy (non-hydrogen) atoms. The third-order valence-corrected chi connectivity index (χ3v) is 5.53. The van der Waals surface area contributed by atoms with Crippen molar-refractivity contribution < 1.29 is 14.3 Å². The van der Waals surface area contributed by atoms with Gasteiger partial charge in [-0.2, -0.15) is 0 Å². The van der Waals surface area contributed by atoms with E-state index in [4.69, 9.17) is 9.47 Å². The molecule has 0 radical (unpaired) electrons. The third-order valence-electron chi connectivity index (χ3n) is 5.53. The SMILES string of the molecule is COc1ccc(-c2c(NC(=O)c3ccc(C)cc3)n(C)c3ccccc3c2=O)cc1OC. The van der Waals surface area contributed by atoms with Crippen LogP contribution in [0, 0.1) is 6.92 Å². The molecule has 0 atom stereocenters. The molecule has 4 aromatic rings. The Hall–Kier alpha value is -4.06. The number of aryl methyl sites for hydroxylation is 2. The summed E-state index contributed by atoms with van der Waals surface area (Å²) in [4.78, 5) is 26.6. The van der Waals surface area contributed by atoms with E-state index in [-0.39, 0.29) is 11.3 Å². The van der Waals surface area contributed by atoms with Crippen molar-refractivity contribution in [3.8, 4) is 22.6 Å². The van der Waals surface area contributed by atoms with Crippen LogP contribution in [0.2, 0.25) is 0 Å². The second kappa shape index (κ2) is 8.59. The molecular formula is C26H24N2O4. The van der Waals surface area contributed by atoms with E-state index >= 15 is 0 Å². The number of ether oxygens (including phenoxy) is 2. The number of hydrogen-bond acceptors (Lipinski definition) is 4. The van der Waals surface area contributed by atoms with Crippen molar-refractivity contribution >= 4 is 22.6 Å². The van der Waals surface area contributed by atoms with E-state index in [1.807, 2.05) is 48.9 Å². The van der Waals surface area contributed by atoms with Gasteiger partial charge in [0.25, 0.3) is 5.91 Å². The molecule has 4 rings (SSSR count). The molecule has 1 amide bonds. The molecule has 0 bridgehead atoms. The summed E-state index contributed by atoms with van der Waals surface area (Å²) in [5, 5.41) is 3.53. The standard InChI is InChI=1S/C26H24N2O4/c1-16-9-11-17(12-10-16)26(30)27-25-23(18-13-14-21(31-3)22(15-18)32-4)24(29)19-7-5-6-8-20(19)28(25)2/h5-15H,1-4H3,(H,27,30). The lowest BCUT2D eigenvalue weighted by Crippen LogP contribution is -2.21. The average molecular weight is 428 g/mol. The molecule has 6 nitrogen and oxygen atoms in total.